The predicted molar refractivity (Wildman–Crippen MR) is 248 cm³/mol. The van der Waals surface area contributed by atoms with E-state index >= 15 is 0 Å². The van der Waals surface area contributed by atoms with Gasteiger partial charge in [-0.2, -0.15) is 0 Å². The summed E-state index contributed by atoms with van der Waals surface area (Å²) in [4.78, 5) is 0. The van der Waals surface area contributed by atoms with Crippen molar-refractivity contribution in [2.75, 3.05) is 0 Å². The van der Waals surface area contributed by atoms with E-state index < -0.39 is 0 Å². The van der Waals surface area contributed by atoms with Gasteiger partial charge in [0.05, 0.1) is 0 Å². The second-order valence-corrected chi connectivity index (χ2v) is 16.5. The van der Waals surface area contributed by atoms with Gasteiger partial charge in [0.1, 0.15) is 11.4 Å². The van der Waals surface area contributed by atoms with Gasteiger partial charge >= 0.3 is 0 Å². The Hall–Kier alpha value is -7.23. The molecule has 3 nitrogen and oxygen atoms in total. The quantitative estimate of drug-likeness (QED) is 0.169. The lowest BCUT2D eigenvalue weighted by atomic mass is 9.78. The van der Waals surface area contributed by atoms with E-state index in [2.05, 4.69) is 191 Å². The third-order valence-corrected chi connectivity index (χ3v) is 13.2. The molecule has 0 amide bonds. The van der Waals surface area contributed by atoms with Crippen molar-refractivity contribution in [3.8, 4) is 89.3 Å². The van der Waals surface area contributed by atoms with Gasteiger partial charge in [-0.3, -0.25) is 0 Å². The summed E-state index contributed by atoms with van der Waals surface area (Å²) < 4.78 is 0. The van der Waals surface area contributed by atoms with Gasteiger partial charge in [-0.15, -0.1) is 10.2 Å². The van der Waals surface area contributed by atoms with Gasteiger partial charge in [-0.25, -0.2) is 0 Å². The minimum atomic E-state index is 0.838. The number of fused-ring (bicyclic) bond motifs is 6. The van der Waals surface area contributed by atoms with Crippen molar-refractivity contribution in [3.63, 3.8) is 0 Å². The van der Waals surface area contributed by atoms with Gasteiger partial charge in [-0.1, -0.05) is 164 Å². The first kappa shape index (κ1) is 35.9. The van der Waals surface area contributed by atoms with Crippen molar-refractivity contribution >= 4 is 0 Å². The van der Waals surface area contributed by atoms with E-state index in [0.717, 1.165) is 52.0 Å². The number of nitrogens with zero attached hydrogens (tertiary/aromatic N) is 3. The zero-order chi connectivity index (χ0) is 40.5. The molecule has 8 aromatic carbocycles. The maximum Gasteiger partial charge on any atom is 0.106 e. The second-order valence-electron chi connectivity index (χ2n) is 16.5. The normalized spacial score (nSPS) is 12.2. The fraction of sp³-hybridized carbons (Fsp3) is 0.105. The van der Waals surface area contributed by atoms with Crippen molar-refractivity contribution < 1.29 is 0 Å². The Morgan fingerprint density at radius 3 is 1.53 bits per heavy atom. The van der Waals surface area contributed by atoms with Crippen LogP contribution in [0, 0.1) is 27.7 Å². The summed E-state index contributed by atoms with van der Waals surface area (Å²) in [5.41, 5.74) is 28.6. The topological polar surface area (TPSA) is 38.7 Å². The standard InChI is InChI=1S/C57H43N3/c1-34-30-48-44-26-14-12-23-41(44)33-51(48)53(37(34)4)55-56(39-20-9-6-10-21-39)58-60-59-57(55)54-50(46-27-16-15-24-42(46)38-18-7-5-8-19-38)31-35(2)36(3)52(54)47-29-17-28-45-43-25-13-11-22-40(43)32-49(45)47/h5-31H,32-33H2,1-4H3. The molecule has 286 valence electrons. The lowest BCUT2D eigenvalue weighted by Gasteiger charge is -2.26. The summed E-state index contributed by atoms with van der Waals surface area (Å²) >= 11 is 0. The maximum absolute atomic E-state index is 5.27. The van der Waals surface area contributed by atoms with Crippen LogP contribution < -0.4 is 0 Å². The number of aromatic nitrogens is 3. The minimum absolute atomic E-state index is 0.838. The van der Waals surface area contributed by atoms with E-state index in [1.165, 1.54) is 94.6 Å². The second kappa shape index (κ2) is 14.2. The van der Waals surface area contributed by atoms with Gasteiger partial charge in [0.15, 0.2) is 0 Å². The molecule has 0 saturated heterocycles. The molecule has 0 aliphatic heterocycles. The Morgan fingerprint density at radius 2 is 0.833 bits per heavy atom. The van der Waals surface area contributed by atoms with Crippen molar-refractivity contribution in [3.05, 3.63) is 208 Å². The minimum Gasteiger partial charge on any atom is -0.129 e. The maximum atomic E-state index is 5.27. The van der Waals surface area contributed by atoms with Crippen molar-refractivity contribution in [2.24, 2.45) is 0 Å². The van der Waals surface area contributed by atoms with Crippen LogP contribution in [-0.4, -0.2) is 15.4 Å². The van der Waals surface area contributed by atoms with Gasteiger partial charge in [0.25, 0.3) is 0 Å². The Kier molecular flexibility index (Phi) is 8.53. The Bertz CT molecular complexity index is 3180. The van der Waals surface area contributed by atoms with Gasteiger partial charge < -0.3 is 0 Å². The number of hydrogen-bond donors (Lipinski definition) is 0. The highest BCUT2D eigenvalue weighted by molar-refractivity contribution is 6.07. The molecule has 2 aliphatic carbocycles. The predicted octanol–water partition coefficient (Wildman–Crippen LogP) is 14.2. The van der Waals surface area contributed by atoms with Crippen LogP contribution in [0.1, 0.15) is 44.5 Å². The van der Waals surface area contributed by atoms with Gasteiger partial charge in [0, 0.05) is 16.7 Å². The molecular weight excluding hydrogens is 727 g/mol. The molecular formula is C57H43N3. The molecule has 0 N–H and O–H groups in total. The molecule has 2 aliphatic rings. The van der Waals surface area contributed by atoms with E-state index in [4.69, 9.17) is 15.4 Å². The molecule has 1 heterocycles. The first-order valence-electron chi connectivity index (χ1n) is 21.0. The van der Waals surface area contributed by atoms with E-state index in [0.29, 0.717) is 0 Å². The molecule has 60 heavy (non-hydrogen) atoms. The van der Waals surface area contributed by atoms with Crippen LogP contribution >= 0.6 is 0 Å². The number of aryl methyl sites for hydroxylation is 2. The molecule has 11 rings (SSSR count). The van der Waals surface area contributed by atoms with E-state index in [9.17, 15) is 0 Å². The van der Waals surface area contributed by atoms with E-state index in [1.807, 2.05) is 0 Å². The number of benzene rings is 8. The van der Waals surface area contributed by atoms with Crippen molar-refractivity contribution in [2.45, 2.75) is 40.5 Å². The van der Waals surface area contributed by atoms with Crippen molar-refractivity contribution in [1.29, 1.82) is 0 Å². The summed E-state index contributed by atoms with van der Waals surface area (Å²) in [7, 11) is 0. The summed E-state index contributed by atoms with van der Waals surface area (Å²) in [6.07, 6.45) is 1.71. The smallest absolute Gasteiger partial charge is 0.106 e. The number of hydrogen-bond acceptors (Lipinski definition) is 3. The lowest BCUT2D eigenvalue weighted by molar-refractivity contribution is 0.878. The molecule has 0 bridgehead atoms. The average molecular weight is 770 g/mol. The van der Waals surface area contributed by atoms with E-state index in [1.54, 1.807) is 0 Å². The molecule has 0 spiro atoms. The molecule has 1 aromatic heterocycles. The van der Waals surface area contributed by atoms with Crippen LogP contribution in [-0.2, 0) is 12.8 Å². The summed E-state index contributed by atoms with van der Waals surface area (Å²) in [5, 5.41) is 15.0. The van der Waals surface area contributed by atoms with Gasteiger partial charge in [-0.05, 0) is 151 Å². The summed E-state index contributed by atoms with van der Waals surface area (Å²) in [6, 6.07) is 59.6. The third kappa shape index (κ3) is 5.61. The average Bonchev–Trinajstić information content (AvgIpc) is 3.86. The lowest BCUT2D eigenvalue weighted by Crippen LogP contribution is -2.07. The molecule has 0 radical (unpaired) electrons. The highest BCUT2D eigenvalue weighted by Gasteiger charge is 2.33. The number of rotatable bonds is 6. The van der Waals surface area contributed by atoms with Crippen LogP contribution in [0.4, 0.5) is 0 Å². The Morgan fingerprint density at radius 1 is 0.333 bits per heavy atom. The largest absolute Gasteiger partial charge is 0.129 e. The van der Waals surface area contributed by atoms with Gasteiger partial charge in [0.2, 0.25) is 0 Å². The molecule has 3 heteroatoms. The highest BCUT2D eigenvalue weighted by atomic mass is 15.3. The zero-order valence-electron chi connectivity index (χ0n) is 34.3. The molecule has 9 aromatic rings. The SMILES string of the molecule is Cc1cc2c(c(-c3c(-c4ccccc4)nnnc3-c3c(-c4ccccc4-c4ccccc4)cc(C)c(C)c3-c3cccc4c3Cc3ccccc3-4)c1C)Cc1ccccc1-2. The molecule has 0 saturated carbocycles. The summed E-state index contributed by atoms with van der Waals surface area (Å²) in [6.45, 7) is 9.08. The highest BCUT2D eigenvalue weighted by Crippen LogP contribution is 2.54. The van der Waals surface area contributed by atoms with Crippen LogP contribution in [0.5, 0.6) is 0 Å². The fourth-order valence-corrected chi connectivity index (χ4v) is 10.1. The van der Waals surface area contributed by atoms with E-state index in [-0.39, 0.29) is 0 Å². The zero-order valence-corrected chi connectivity index (χ0v) is 34.3. The Labute approximate surface area is 352 Å². The van der Waals surface area contributed by atoms with Crippen molar-refractivity contribution in [1.82, 2.24) is 15.4 Å². The van der Waals surface area contributed by atoms with Crippen LogP contribution in [0.3, 0.4) is 0 Å². The Balaban J connectivity index is 1.31. The first-order valence-corrected chi connectivity index (χ1v) is 21.0. The van der Waals surface area contributed by atoms with Crippen LogP contribution in [0.15, 0.2) is 164 Å². The third-order valence-electron chi connectivity index (χ3n) is 13.2. The molecule has 0 atom stereocenters. The van der Waals surface area contributed by atoms with Crippen LogP contribution in [0.2, 0.25) is 0 Å². The monoisotopic (exact) mass is 769 g/mol. The fourth-order valence-electron chi connectivity index (χ4n) is 10.1. The molecule has 0 fully saturated rings. The first-order chi connectivity index (χ1) is 29.5. The molecule has 0 unspecified atom stereocenters. The summed E-state index contributed by atoms with van der Waals surface area (Å²) in [5.74, 6) is 0. The van der Waals surface area contributed by atoms with Crippen LogP contribution in [0.25, 0.3) is 89.3 Å².